The topological polar surface area (TPSA) is 54.8 Å². The summed E-state index contributed by atoms with van der Waals surface area (Å²) in [7, 11) is 1.67. The number of nitrogens with zero attached hydrogens (tertiary/aromatic N) is 3. The summed E-state index contributed by atoms with van der Waals surface area (Å²) in [4.78, 5) is 31.8. The fourth-order valence-corrected chi connectivity index (χ4v) is 5.46. The van der Waals surface area contributed by atoms with E-state index in [-0.39, 0.29) is 18.4 Å². The second kappa shape index (κ2) is 14.6. The molecule has 5 aromatic rings. The average Bonchev–Trinajstić information content (AvgIpc) is 3.48. The number of aromatic nitrogens is 1. The van der Waals surface area contributed by atoms with Gasteiger partial charge < -0.3 is 19.1 Å². The lowest BCUT2D eigenvalue weighted by Gasteiger charge is -2.29. The zero-order valence-electron chi connectivity index (χ0n) is 25.9. The van der Waals surface area contributed by atoms with Crippen LogP contribution in [0.5, 0.6) is 5.75 Å². The van der Waals surface area contributed by atoms with Gasteiger partial charge in [0.15, 0.2) is 0 Å². The highest BCUT2D eigenvalue weighted by molar-refractivity contribution is 6.07. The van der Waals surface area contributed by atoms with E-state index < -0.39 is 0 Å². The van der Waals surface area contributed by atoms with E-state index in [0.717, 1.165) is 39.8 Å². The number of methoxy groups -OCH3 is 1. The largest absolute Gasteiger partial charge is 0.497 e. The van der Waals surface area contributed by atoms with E-state index >= 15 is 0 Å². The van der Waals surface area contributed by atoms with Gasteiger partial charge in [-0.25, -0.2) is 0 Å². The molecule has 0 spiro atoms. The lowest BCUT2D eigenvalue weighted by molar-refractivity contribution is -0.133. The van der Waals surface area contributed by atoms with Gasteiger partial charge in [-0.2, -0.15) is 0 Å². The van der Waals surface area contributed by atoms with E-state index in [4.69, 9.17) is 4.74 Å². The van der Waals surface area contributed by atoms with Gasteiger partial charge in [-0.05, 0) is 64.6 Å². The Morgan fingerprint density at radius 1 is 0.773 bits per heavy atom. The molecule has 0 fully saturated rings. The van der Waals surface area contributed by atoms with Crippen molar-refractivity contribution in [1.29, 1.82) is 0 Å². The quantitative estimate of drug-likeness (QED) is 0.144. The van der Waals surface area contributed by atoms with Crippen molar-refractivity contribution in [2.45, 2.75) is 39.9 Å². The number of fused-ring (bicyclic) bond motifs is 1. The number of ether oxygens (including phenoxy) is 1. The third kappa shape index (κ3) is 7.75. The van der Waals surface area contributed by atoms with Crippen LogP contribution in [0.3, 0.4) is 0 Å². The van der Waals surface area contributed by atoms with Crippen LogP contribution in [0.25, 0.3) is 10.8 Å². The Balaban J connectivity index is 1.41. The molecule has 4 aromatic carbocycles. The predicted octanol–water partition coefficient (Wildman–Crippen LogP) is 7.42. The number of benzene rings is 4. The highest BCUT2D eigenvalue weighted by Crippen LogP contribution is 2.22. The van der Waals surface area contributed by atoms with Crippen molar-refractivity contribution in [1.82, 2.24) is 14.4 Å². The molecule has 1 heterocycles. The van der Waals surface area contributed by atoms with Crippen LogP contribution >= 0.6 is 0 Å². The van der Waals surface area contributed by atoms with Gasteiger partial charge >= 0.3 is 0 Å². The first-order chi connectivity index (χ1) is 21.4. The number of carbonyl (C=O) groups excluding carboxylic acids is 2. The van der Waals surface area contributed by atoms with Crippen molar-refractivity contribution in [3.05, 3.63) is 138 Å². The van der Waals surface area contributed by atoms with Gasteiger partial charge in [-0.1, -0.05) is 92.7 Å². The zero-order chi connectivity index (χ0) is 30.9. The molecule has 0 atom stereocenters. The van der Waals surface area contributed by atoms with Gasteiger partial charge in [0.25, 0.3) is 5.91 Å². The van der Waals surface area contributed by atoms with Crippen molar-refractivity contribution in [3.8, 4) is 5.75 Å². The Labute approximate surface area is 260 Å². The Morgan fingerprint density at radius 2 is 1.50 bits per heavy atom. The summed E-state index contributed by atoms with van der Waals surface area (Å²) in [5.74, 6) is 1.01. The Hall–Kier alpha value is -4.84. The first-order valence-corrected chi connectivity index (χ1v) is 15.3. The van der Waals surface area contributed by atoms with Crippen LogP contribution in [0.2, 0.25) is 0 Å². The molecule has 226 valence electrons. The summed E-state index contributed by atoms with van der Waals surface area (Å²) in [5.41, 5.74) is 3.80. The normalized spacial score (nSPS) is 11.1. The van der Waals surface area contributed by atoms with Gasteiger partial charge in [-0.3, -0.25) is 9.59 Å². The van der Waals surface area contributed by atoms with Crippen molar-refractivity contribution in [2.24, 2.45) is 5.92 Å². The standard InChI is InChI=1S/C38H41N3O3/c1-29(2)21-23-40(38(43)36-20-10-16-32-15-7-8-19-35(32)36)28-37(42)41(25-30-12-5-4-6-13-30)27-33-17-11-22-39(33)26-31-14-9-18-34(24-31)44-3/h4-20,22,24,29H,21,23,25-28H2,1-3H3. The molecule has 0 bridgehead atoms. The van der Waals surface area contributed by atoms with Crippen LogP contribution in [0.15, 0.2) is 115 Å². The van der Waals surface area contributed by atoms with Crippen LogP contribution < -0.4 is 4.74 Å². The van der Waals surface area contributed by atoms with Crippen molar-refractivity contribution < 1.29 is 14.3 Å². The van der Waals surface area contributed by atoms with E-state index in [1.54, 1.807) is 12.0 Å². The molecule has 0 radical (unpaired) electrons. The predicted molar refractivity (Wildman–Crippen MR) is 177 cm³/mol. The van der Waals surface area contributed by atoms with Crippen LogP contribution in [0.1, 0.15) is 47.4 Å². The molecule has 0 saturated carbocycles. The minimum absolute atomic E-state index is 0.0121. The molecule has 1 aromatic heterocycles. The van der Waals surface area contributed by atoms with Crippen LogP contribution in [0.4, 0.5) is 0 Å². The summed E-state index contributed by atoms with van der Waals surface area (Å²) >= 11 is 0. The lowest BCUT2D eigenvalue weighted by atomic mass is 10.0. The van der Waals surface area contributed by atoms with E-state index in [9.17, 15) is 9.59 Å². The number of carbonyl (C=O) groups is 2. The third-order valence-electron chi connectivity index (χ3n) is 7.94. The molecule has 0 aliphatic rings. The fraction of sp³-hybridized carbons (Fsp3) is 0.263. The van der Waals surface area contributed by atoms with E-state index in [1.807, 2.05) is 108 Å². The Morgan fingerprint density at radius 3 is 2.30 bits per heavy atom. The molecule has 2 amide bonds. The number of amides is 2. The molecule has 0 N–H and O–H groups in total. The van der Waals surface area contributed by atoms with Crippen LogP contribution in [-0.4, -0.2) is 46.4 Å². The summed E-state index contributed by atoms with van der Waals surface area (Å²) in [5, 5.41) is 1.91. The maximum Gasteiger partial charge on any atom is 0.254 e. The molecule has 0 unspecified atom stereocenters. The molecular weight excluding hydrogens is 546 g/mol. The van der Waals surface area contributed by atoms with Crippen molar-refractivity contribution in [2.75, 3.05) is 20.2 Å². The van der Waals surface area contributed by atoms with E-state index in [1.165, 1.54) is 0 Å². The maximum atomic E-state index is 14.2. The zero-order valence-corrected chi connectivity index (χ0v) is 25.9. The summed E-state index contributed by atoms with van der Waals surface area (Å²) < 4.78 is 7.58. The summed E-state index contributed by atoms with van der Waals surface area (Å²) in [6.07, 6.45) is 2.85. The Kier molecular flexibility index (Phi) is 10.1. The van der Waals surface area contributed by atoms with Gasteiger partial charge in [0.2, 0.25) is 5.91 Å². The van der Waals surface area contributed by atoms with Crippen LogP contribution in [0, 0.1) is 5.92 Å². The second-order valence-electron chi connectivity index (χ2n) is 11.7. The molecular formula is C38H41N3O3. The number of rotatable bonds is 13. The lowest BCUT2D eigenvalue weighted by Crippen LogP contribution is -2.43. The highest BCUT2D eigenvalue weighted by Gasteiger charge is 2.25. The minimum Gasteiger partial charge on any atom is -0.497 e. The maximum absolute atomic E-state index is 14.2. The van der Waals surface area contributed by atoms with E-state index in [2.05, 4.69) is 30.5 Å². The van der Waals surface area contributed by atoms with Gasteiger partial charge in [0.05, 0.1) is 13.7 Å². The second-order valence-corrected chi connectivity index (χ2v) is 11.7. The van der Waals surface area contributed by atoms with Crippen LogP contribution in [-0.2, 0) is 24.4 Å². The molecule has 6 heteroatoms. The average molecular weight is 588 g/mol. The smallest absolute Gasteiger partial charge is 0.254 e. The van der Waals surface area contributed by atoms with Gasteiger partial charge in [-0.15, -0.1) is 0 Å². The van der Waals surface area contributed by atoms with Gasteiger partial charge in [0.1, 0.15) is 12.3 Å². The van der Waals surface area contributed by atoms with Crippen molar-refractivity contribution in [3.63, 3.8) is 0 Å². The highest BCUT2D eigenvalue weighted by atomic mass is 16.5. The number of hydrogen-bond donors (Lipinski definition) is 0. The minimum atomic E-state index is -0.114. The Bertz CT molecular complexity index is 1690. The molecule has 44 heavy (non-hydrogen) atoms. The summed E-state index contributed by atoms with van der Waals surface area (Å²) in [6.45, 7) is 6.33. The summed E-state index contributed by atoms with van der Waals surface area (Å²) in [6, 6.07) is 35.8. The SMILES string of the molecule is COc1cccc(Cn2cccc2CN(Cc2ccccc2)C(=O)CN(CCC(C)C)C(=O)c2cccc3ccccc23)c1. The van der Waals surface area contributed by atoms with Gasteiger partial charge in [0, 0.05) is 37.1 Å². The monoisotopic (exact) mass is 587 g/mol. The fourth-order valence-electron chi connectivity index (χ4n) is 5.46. The first-order valence-electron chi connectivity index (χ1n) is 15.3. The van der Waals surface area contributed by atoms with E-state index in [0.29, 0.717) is 37.7 Å². The molecule has 0 saturated heterocycles. The van der Waals surface area contributed by atoms with Crippen molar-refractivity contribution >= 4 is 22.6 Å². The first kappa shape index (κ1) is 30.6. The number of hydrogen-bond acceptors (Lipinski definition) is 3. The molecule has 0 aliphatic heterocycles. The molecule has 6 nitrogen and oxygen atoms in total. The third-order valence-corrected chi connectivity index (χ3v) is 7.94. The molecule has 0 aliphatic carbocycles. The molecule has 5 rings (SSSR count).